The number of nitrogens with two attached hydrogens (primary N) is 2. The Morgan fingerprint density at radius 1 is 1.21 bits per heavy atom. The molecule has 2 nitrogen and oxygen atoms in total. The van der Waals surface area contributed by atoms with Crippen LogP contribution in [0, 0.1) is 6.92 Å². The average molecular weight is 204 g/mol. The fraction of sp³-hybridized carbons (Fsp3) is 0.0909. The smallest absolute Gasteiger partial charge is 0.0433 e. The summed E-state index contributed by atoms with van der Waals surface area (Å²) in [5.41, 5.74) is 15.4. The maximum absolute atomic E-state index is 5.99. The number of hydrogen-bond acceptors (Lipinski definition) is 3. The first-order chi connectivity index (χ1) is 6.68. The first-order valence-electron chi connectivity index (χ1n) is 4.38. The molecule has 0 amide bonds. The van der Waals surface area contributed by atoms with E-state index < -0.39 is 0 Å². The van der Waals surface area contributed by atoms with Crippen molar-refractivity contribution >= 4 is 22.7 Å². The molecule has 0 spiro atoms. The summed E-state index contributed by atoms with van der Waals surface area (Å²) in [6, 6.07) is 7.88. The average Bonchev–Trinajstić information content (AvgIpc) is 2.63. The highest BCUT2D eigenvalue weighted by Gasteiger charge is 2.06. The first-order valence-corrected chi connectivity index (χ1v) is 5.26. The molecule has 1 aromatic carbocycles. The zero-order valence-electron chi connectivity index (χ0n) is 7.95. The second-order valence-corrected chi connectivity index (χ2v) is 4.22. The molecule has 72 valence electrons. The minimum atomic E-state index is 0.764. The van der Waals surface area contributed by atoms with Gasteiger partial charge in [-0.15, -0.1) is 11.3 Å². The standard InChI is InChI=1S/C11H12N2S/c1-7-5-8(12)6-9(11(7)13)10-3-2-4-14-10/h2-6H,12-13H2,1H3. The van der Waals surface area contributed by atoms with Gasteiger partial charge in [0.05, 0.1) is 0 Å². The third kappa shape index (κ3) is 1.46. The Bertz CT molecular complexity index is 447. The highest BCUT2D eigenvalue weighted by atomic mass is 32.1. The van der Waals surface area contributed by atoms with Gasteiger partial charge in [0, 0.05) is 21.8 Å². The Labute approximate surface area is 87.2 Å². The fourth-order valence-electron chi connectivity index (χ4n) is 1.46. The molecule has 4 N–H and O–H groups in total. The number of rotatable bonds is 1. The van der Waals surface area contributed by atoms with Crippen molar-refractivity contribution < 1.29 is 0 Å². The minimum Gasteiger partial charge on any atom is -0.399 e. The molecule has 0 saturated carbocycles. The van der Waals surface area contributed by atoms with Gasteiger partial charge in [-0.25, -0.2) is 0 Å². The molecule has 0 aliphatic carbocycles. The van der Waals surface area contributed by atoms with Crippen molar-refractivity contribution in [1.29, 1.82) is 0 Å². The lowest BCUT2D eigenvalue weighted by molar-refractivity contribution is 1.47. The zero-order valence-corrected chi connectivity index (χ0v) is 8.77. The lowest BCUT2D eigenvalue weighted by atomic mass is 10.1. The van der Waals surface area contributed by atoms with Crippen molar-refractivity contribution in [3.8, 4) is 10.4 Å². The van der Waals surface area contributed by atoms with Gasteiger partial charge in [-0.05, 0) is 36.1 Å². The van der Waals surface area contributed by atoms with Crippen LogP contribution in [-0.2, 0) is 0 Å². The molecule has 1 heterocycles. The van der Waals surface area contributed by atoms with E-state index >= 15 is 0 Å². The van der Waals surface area contributed by atoms with Crippen molar-refractivity contribution in [2.45, 2.75) is 6.92 Å². The lowest BCUT2D eigenvalue weighted by Crippen LogP contribution is -1.95. The zero-order chi connectivity index (χ0) is 10.1. The third-order valence-corrected chi connectivity index (χ3v) is 3.10. The summed E-state index contributed by atoms with van der Waals surface area (Å²) in [5, 5.41) is 2.04. The molecule has 14 heavy (non-hydrogen) atoms. The van der Waals surface area contributed by atoms with E-state index in [1.807, 2.05) is 30.5 Å². The molecule has 0 atom stereocenters. The molecule has 0 saturated heterocycles. The van der Waals surface area contributed by atoms with Crippen LogP contribution >= 0.6 is 11.3 Å². The van der Waals surface area contributed by atoms with Gasteiger partial charge in [0.25, 0.3) is 0 Å². The van der Waals surface area contributed by atoms with E-state index in [1.54, 1.807) is 11.3 Å². The number of anilines is 2. The van der Waals surface area contributed by atoms with E-state index in [0.29, 0.717) is 0 Å². The van der Waals surface area contributed by atoms with Crippen LogP contribution in [0.3, 0.4) is 0 Å². The SMILES string of the molecule is Cc1cc(N)cc(-c2cccs2)c1N. The van der Waals surface area contributed by atoms with Gasteiger partial charge in [0.2, 0.25) is 0 Å². The van der Waals surface area contributed by atoms with Gasteiger partial charge in [-0.1, -0.05) is 6.07 Å². The van der Waals surface area contributed by atoms with Gasteiger partial charge >= 0.3 is 0 Å². The Morgan fingerprint density at radius 2 is 2.00 bits per heavy atom. The van der Waals surface area contributed by atoms with E-state index in [4.69, 9.17) is 11.5 Å². The predicted molar refractivity (Wildman–Crippen MR) is 63.3 cm³/mol. The number of thiophene rings is 1. The lowest BCUT2D eigenvalue weighted by Gasteiger charge is -2.08. The number of nitrogen functional groups attached to an aromatic ring is 2. The topological polar surface area (TPSA) is 52.0 Å². The molecule has 0 aliphatic heterocycles. The van der Waals surface area contributed by atoms with Gasteiger partial charge in [-0.3, -0.25) is 0 Å². The van der Waals surface area contributed by atoms with Crippen molar-refractivity contribution in [2.24, 2.45) is 0 Å². The largest absolute Gasteiger partial charge is 0.399 e. The van der Waals surface area contributed by atoms with Gasteiger partial charge in [0.1, 0.15) is 0 Å². The normalized spacial score (nSPS) is 10.4. The summed E-state index contributed by atoms with van der Waals surface area (Å²) in [7, 11) is 0. The van der Waals surface area contributed by atoms with Crippen molar-refractivity contribution in [2.75, 3.05) is 11.5 Å². The maximum atomic E-state index is 5.99. The molecule has 0 aliphatic rings. The summed E-state index contributed by atoms with van der Waals surface area (Å²) in [6.45, 7) is 1.98. The summed E-state index contributed by atoms with van der Waals surface area (Å²) in [5.74, 6) is 0. The quantitative estimate of drug-likeness (QED) is 0.702. The molecule has 2 rings (SSSR count). The highest BCUT2D eigenvalue weighted by Crippen LogP contribution is 2.33. The monoisotopic (exact) mass is 204 g/mol. The summed E-state index contributed by atoms with van der Waals surface area (Å²) < 4.78 is 0. The van der Waals surface area contributed by atoms with Crippen LogP contribution in [-0.4, -0.2) is 0 Å². The summed E-state index contributed by atoms with van der Waals surface area (Å²) >= 11 is 1.67. The van der Waals surface area contributed by atoms with E-state index in [-0.39, 0.29) is 0 Å². The number of benzene rings is 1. The Hall–Kier alpha value is -1.48. The number of aryl methyl sites for hydroxylation is 1. The molecule has 3 heteroatoms. The summed E-state index contributed by atoms with van der Waals surface area (Å²) in [6.07, 6.45) is 0. The third-order valence-electron chi connectivity index (χ3n) is 2.20. The maximum Gasteiger partial charge on any atom is 0.0433 e. The van der Waals surface area contributed by atoms with Crippen molar-refractivity contribution in [1.82, 2.24) is 0 Å². The van der Waals surface area contributed by atoms with Crippen LogP contribution in [0.15, 0.2) is 29.6 Å². The minimum absolute atomic E-state index is 0.764. The van der Waals surface area contributed by atoms with Crippen LogP contribution in [0.2, 0.25) is 0 Å². The second kappa shape index (κ2) is 3.35. The molecule has 2 aromatic rings. The van der Waals surface area contributed by atoms with Crippen LogP contribution in [0.25, 0.3) is 10.4 Å². The van der Waals surface area contributed by atoms with E-state index in [2.05, 4.69) is 6.07 Å². The highest BCUT2D eigenvalue weighted by molar-refractivity contribution is 7.13. The molecule has 0 radical (unpaired) electrons. The molecule has 1 aromatic heterocycles. The molecule has 0 fully saturated rings. The van der Waals surface area contributed by atoms with Gasteiger partial charge < -0.3 is 11.5 Å². The van der Waals surface area contributed by atoms with Crippen LogP contribution in [0.1, 0.15) is 5.56 Å². The predicted octanol–water partition coefficient (Wildman–Crippen LogP) is 2.89. The second-order valence-electron chi connectivity index (χ2n) is 3.28. The van der Waals surface area contributed by atoms with Crippen LogP contribution in [0.4, 0.5) is 11.4 Å². The summed E-state index contributed by atoms with van der Waals surface area (Å²) in [4.78, 5) is 1.16. The van der Waals surface area contributed by atoms with Crippen LogP contribution in [0.5, 0.6) is 0 Å². The number of hydrogen-bond donors (Lipinski definition) is 2. The molecule has 0 unspecified atom stereocenters. The Balaban J connectivity index is 2.64. The molecular formula is C11H12N2S. The molecule has 0 bridgehead atoms. The van der Waals surface area contributed by atoms with Crippen molar-refractivity contribution in [3.63, 3.8) is 0 Å². The van der Waals surface area contributed by atoms with Crippen LogP contribution < -0.4 is 11.5 Å². The molecular weight excluding hydrogens is 192 g/mol. The Kier molecular flexibility index (Phi) is 2.17. The fourth-order valence-corrected chi connectivity index (χ4v) is 2.22. The van der Waals surface area contributed by atoms with E-state index in [9.17, 15) is 0 Å². The first kappa shape index (κ1) is 9.09. The Morgan fingerprint density at radius 3 is 2.64 bits per heavy atom. The van der Waals surface area contributed by atoms with Gasteiger partial charge in [0.15, 0.2) is 0 Å². The van der Waals surface area contributed by atoms with Gasteiger partial charge in [-0.2, -0.15) is 0 Å². The van der Waals surface area contributed by atoms with Crippen molar-refractivity contribution in [3.05, 3.63) is 35.2 Å². The van der Waals surface area contributed by atoms with E-state index in [1.165, 1.54) is 0 Å². The van der Waals surface area contributed by atoms with E-state index in [0.717, 1.165) is 27.4 Å².